The molecule has 0 aliphatic heterocycles. The Kier molecular flexibility index (Phi) is 4.14. The van der Waals surface area contributed by atoms with Crippen LogP contribution in [0, 0.1) is 5.92 Å². The molecule has 80 valence electrons. The predicted molar refractivity (Wildman–Crippen MR) is 59.1 cm³/mol. The molecule has 1 unspecified atom stereocenters. The van der Waals surface area contributed by atoms with Crippen LogP contribution in [-0.2, 0) is 19.9 Å². The van der Waals surface area contributed by atoms with E-state index in [0.717, 1.165) is 25.8 Å². The molecule has 0 aromatic carbocycles. The van der Waals surface area contributed by atoms with Crippen LogP contribution in [0.25, 0.3) is 0 Å². The van der Waals surface area contributed by atoms with Crippen LogP contribution < -0.4 is 5.73 Å². The number of hydrogen-bond acceptors (Lipinski definition) is 2. The van der Waals surface area contributed by atoms with Crippen LogP contribution in [0.2, 0.25) is 0 Å². The normalized spacial score (nSPS) is 13.1. The van der Waals surface area contributed by atoms with Crippen LogP contribution in [0.1, 0.15) is 31.7 Å². The van der Waals surface area contributed by atoms with Gasteiger partial charge in [-0.1, -0.05) is 13.8 Å². The standard InChI is InChI=1S/C11H21N3/c1-4-10-7-11(14(3)13-10)6-5-9(2)8-12/h7,9H,4-6,8,12H2,1-3H3. The third-order valence-corrected chi connectivity index (χ3v) is 2.69. The lowest BCUT2D eigenvalue weighted by Gasteiger charge is -2.07. The van der Waals surface area contributed by atoms with E-state index in [0.29, 0.717) is 5.92 Å². The Morgan fingerprint density at radius 1 is 1.57 bits per heavy atom. The van der Waals surface area contributed by atoms with Gasteiger partial charge in [0.2, 0.25) is 0 Å². The van der Waals surface area contributed by atoms with Crippen LogP contribution in [0.5, 0.6) is 0 Å². The first kappa shape index (κ1) is 11.2. The van der Waals surface area contributed by atoms with Gasteiger partial charge in [-0.2, -0.15) is 5.10 Å². The molecule has 0 radical (unpaired) electrons. The summed E-state index contributed by atoms with van der Waals surface area (Å²) < 4.78 is 1.99. The molecule has 1 atom stereocenters. The largest absolute Gasteiger partial charge is 0.330 e. The van der Waals surface area contributed by atoms with Gasteiger partial charge in [0.05, 0.1) is 5.69 Å². The zero-order valence-electron chi connectivity index (χ0n) is 9.45. The fraction of sp³-hybridized carbons (Fsp3) is 0.727. The molecular formula is C11H21N3. The summed E-state index contributed by atoms with van der Waals surface area (Å²) in [4.78, 5) is 0. The van der Waals surface area contributed by atoms with Crippen molar-refractivity contribution in [1.29, 1.82) is 0 Å². The summed E-state index contributed by atoms with van der Waals surface area (Å²) in [6.45, 7) is 5.10. The highest BCUT2D eigenvalue weighted by atomic mass is 15.3. The van der Waals surface area contributed by atoms with Crippen molar-refractivity contribution >= 4 is 0 Å². The van der Waals surface area contributed by atoms with Gasteiger partial charge in [-0.15, -0.1) is 0 Å². The summed E-state index contributed by atoms with van der Waals surface area (Å²) in [6.07, 6.45) is 3.25. The van der Waals surface area contributed by atoms with Gasteiger partial charge in [-0.05, 0) is 37.8 Å². The molecule has 14 heavy (non-hydrogen) atoms. The summed E-state index contributed by atoms with van der Waals surface area (Å²) >= 11 is 0. The number of rotatable bonds is 5. The molecule has 0 aliphatic carbocycles. The van der Waals surface area contributed by atoms with Gasteiger partial charge in [0.1, 0.15) is 0 Å². The Bertz CT molecular complexity index is 278. The van der Waals surface area contributed by atoms with Crippen LogP contribution in [0.4, 0.5) is 0 Å². The van der Waals surface area contributed by atoms with E-state index in [4.69, 9.17) is 5.73 Å². The van der Waals surface area contributed by atoms with E-state index in [-0.39, 0.29) is 0 Å². The van der Waals surface area contributed by atoms with Gasteiger partial charge in [-0.3, -0.25) is 4.68 Å². The SMILES string of the molecule is CCc1cc(CCC(C)CN)n(C)n1. The van der Waals surface area contributed by atoms with Crippen LogP contribution in [-0.4, -0.2) is 16.3 Å². The minimum atomic E-state index is 0.606. The molecule has 3 heteroatoms. The number of nitrogens with zero attached hydrogens (tertiary/aromatic N) is 2. The van der Waals surface area contributed by atoms with E-state index in [2.05, 4.69) is 25.0 Å². The maximum absolute atomic E-state index is 5.58. The molecule has 0 amide bonds. The molecule has 0 fully saturated rings. The van der Waals surface area contributed by atoms with E-state index in [9.17, 15) is 0 Å². The van der Waals surface area contributed by atoms with E-state index in [1.807, 2.05) is 11.7 Å². The smallest absolute Gasteiger partial charge is 0.0624 e. The fourth-order valence-corrected chi connectivity index (χ4v) is 1.49. The van der Waals surface area contributed by atoms with Crippen molar-refractivity contribution < 1.29 is 0 Å². The van der Waals surface area contributed by atoms with Gasteiger partial charge < -0.3 is 5.73 Å². The van der Waals surface area contributed by atoms with Gasteiger partial charge in [-0.25, -0.2) is 0 Å². The second kappa shape index (κ2) is 5.15. The van der Waals surface area contributed by atoms with Crippen molar-refractivity contribution in [1.82, 2.24) is 9.78 Å². The van der Waals surface area contributed by atoms with Crippen molar-refractivity contribution in [3.8, 4) is 0 Å². The van der Waals surface area contributed by atoms with Crippen molar-refractivity contribution in [2.24, 2.45) is 18.7 Å². The van der Waals surface area contributed by atoms with Gasteiger partial charge in [0.15, 0.2) is 0 Å². The first-order valence-corrected chi connectivity index (χ1v) is 5.39. The van der Waals surface area contributed by atoms with Gasteiger partial charge >= 0.3 is 0 Å². The van der Waals surface area contributed by atoms with Gasteiger partial charge in [0.25, 0.3) is 0 Å². The fourth-order valence-electron chi connectivity index (χ4n) is 1.49. The maximum Gasteiger partial charge on any atom is 0.0624 e. The molecule has 0 bridgehead atoms. The first-order valence-electron chi connectivity index (χ1n) is 5.39. The molecule has 0 saturated carbocycles. The molecule has 1 aromatic heterocycles. The van der Waals surface area contributed by atoms with Crippen LogP contribution in [0.3, 0.4) is 0 Å². The summed E-state index contributed by atoms with van der Waals surface area (Å²) in [5.74, 6) is 0.606. The monoisotopic (exact) mass is 195 g/mol. The topological polar surface area (TPSA) is 43.8 Å². The number of aryl methyl sites for hydroxylation is 3. The Labute approximate surface area is 86.3 Å². The molecule has 0 saturated heterocycles. The zero-order valence-corrected chi connectivity index (χ0v) is 9.45. The second-order valence-corrected chi connectivity index (χ2v) is 3.98. The van der Waals surface area contributed by atoms with Crippen LogP contribution in [0.15, 0.2) is 6.07 Å². The lowest BCUT2D eigenvalue weighted by Crippen LogP contribution is -2.12. The molecule has 3 nitrogen and oxygen atoms in total. The van der Waals surface area contributed by atoms with Crippen LogP contribution >= 0.6 is 0 Å². The van der Waals surface area contributed by atoms with Crippen molar-refractivity contribution in [2.75, 3.05) is 6.54 Å². The maximum atomic E-state index is 5.58. The molecule has 0 spiro atoms. The van der Waals surface area contributed by atoms with E-state index in [1.54, 1.807) is 0 Å². The third-order valence-electron chi connectivity index (χ3n) is 2.69. The molecule has 1 heterocycles. The summed E-state index contributed by atoms with van der Waals surface area (Å²) in [5, 5.41) is 4.42. The van der Waals surface area contributed by atoms with E-state index < -0.39 is 0 Å². The van der Waals surface area contributed by atoms with Crippen molar-refractivity contribution in [3.05, 3.63) is 17.5 Å². The minimum absolute atomic E-state index is 0.606. The minimum Gasteiger partial charge on any atom is -0.330 e. The Morgan fingerprint density at radius 2 is 2.29 bits per heavy atom. The Hall–Kier alpha value is -0.830. The molecule has 0 aliphatic rings. The average molecular weight is 195 g/mol. The van der Waals surface area contributed by atoms with E-state index in [1.165, 1.54) is 11.4 Å². The zero-order chi connectivity index (χ0) is 10.6. The average Bonchev–Trinajstić information content (AvgIpc) is 2.55. The predicted octanol–water partition coefficient (Wildman–Crippen LogP) is 1.51. The summed E-state index contributed by atoms with van der Waals surface area (Å²) in [6, 6.07) is 2.20. The first-order chi connectivity index (χ1) is 6.67. The highest BCUT2D eigenvalue weighted by Crippen LogP contribution is 2.10. The highest BCUT2D eigenvalue weighted by Gasteiger charge is 2.05. The Balaban J connectivity index is 2.53. The van der Waals surface area contributed by atoms with E-state index >= 15 is 0 Å². The quantitative estimate of drug-likeness (QED) is 0.774. The third kappa shape index (κ3) is 2.84. The molecule has 1 rings (SSSR count). The van der Waals surface area contributed by atoms with Crippen molar-refractivity contribution in [2.45, 2.75) is 33.1 Å². The number of hydrogen-bond donors (Lipinski definition) is 1. The van der Waals surface area contributed by atoms with Crippen molar-refractivity contribution in [3.63, 3.8) is 0 Å². The van der Waals surface area contributed by atoms with Gasteiger partial charge in [0, 0.05) is 12.7 Å². The second-order valence-electron chi connectivity index (χ2n) is 3.98. The molecule has 2 N–H and O–H groups in total. The highest BCUT2D eigenvalue weighted by molar-refractivity contribution is 5.10. The lowest BCUT2D eigenvalue weighted by atomic mass is 10.0. The molecular weight excluding hydrogens is 174 g/mol. The Morgan fingerprint density at radius 3 is 2.79 bits per heavy atom. The number of aromatic nitrogens is 2. The molecule has 1 aromatic rings. The number of nitrogens with two attached hydrogens (primary N) is 1. The lowest BCUT2D eigenvalue weighted by molar-refractivity contribution is 0.530. The summed E-state index contributed by atoms with van der Waals surface area (Å²) in [5.41, 5.74) is 8.09. The summed E-state index contributed by atoms with van der Waals surface area (Å²) in [7, 11) is 2.02.